The number of nitrogens with one attached hydrogen (secondary N) is 3. The Morgan fingerprint density at radius 3 is 2.42 bits per heavy atom. The maximum Gasteiger partial charge on any atom is 0.302 e. The van der Waals surface area contributed by atoms with E-state index in [1.807, 2.05) is 10.3 Å². The van der Waals surface area contributed by atoms with E-state index in [0.717, 1.165) is 0 Å². The van der Waals surface area contributed by atoms with E-state index in [0.29, 0.717) is 10.9 Å². The molecule has 0 bridgehead atoms. The molecule has 2 aromatic carbocycles. The van der Waals surface area contributed by atoms with Crippen LogP contribution in [0.2, 0.25) is 0 Å². The molecule has 9 heteroatoms. The third-order valence-electron chi connectivity index (χ3n) is 3.18. The van der Waals surface area contributed by atoms with Crippen molar-refractivity contribution in [1.29, 1.82) is 0 Å². The maximum absolute atomic E-state index is 12.0. The minimum absolute atomic E-state index is 0.00901. The van der Waals surface area contributed by atoms with E-state index in [9.17, 15) is 18.0 Å². The lowest BCUT2D eigenvalue weighted by molar-refractivity contribution is 0.0934. The highest BCUT2D eigenvalue weighted by molar-refractivity contribution is 7.89. The number of rotatable bonds is 4. The summed E-state index contributed by atoms with van der Waals surface area (Å²) in [4.78, 5) is 32.2. The number of hydrogen-bond donors (Lipinski definition) is 3. The lowest BCUT2D eigenvalue weighted by Gasteiger charge is -2.08. The molecule has 1 amide bonds. The van der Waals surface area contributed by atoms with Gasteiger partial charge in [0.05, 0.1) is 15.8 Å². The molecule has 3 aromatic rings. The zero-order valence-corrected chi connectivity index (χ0v) is 13.0. The Labute approximate surface area is 136 Å². The Morgan fingerprint density at radius 2 is 1.67 bits per heavy atom. The standard InChI is InChI=1S/C15H12N4O4S/c20-14-11-8-4-5-9-12(11)16-13(17-14)15(21)18-19-24(22,23)10-6-2-1-3-7-10/h1-9,19H,(H,18,21)(H,16,17,20). The molecule has 8 nitrogen and oxygen atoms in total. The highest BCUT2D eigenvalue weighted by Crippen LogP contribution is 2.07. The third kappa shape index (κ3) is 3.16. The molecule has 0 unspecified atom stereocenters. The lowest BCUT2D eigenvalue weighted by atomic mass is 10.2. The van der Waals surface area contributed by atoms with Gasteiger partial charge in [0.2, 0.25) is 5.82 Å². The summed E-state index contributed by atoms with van der Waals surface area (Å²) >= 11 is 0. The topological polar surface area (TPSA) is 121 Å². The van der Waals surface area contributed by atoms with Crippen molar-refractivity contribution >= 4 is 26.8 Å². The smallest absolute Gasteiger partial charge is 0.302 e. The average Bonchev–Trinajstić information content (AvgIpc) is 2.60. The van der Waals surface area contributed by atoms with E-state index in [1.54, 1.807) is 42.5 Å². The third-order valence-corrected chi connectivity index (χ3v) is 4.44. The number of amides is 1. The quantitative estimate of drug-likeness (QED) is 0.597. The van der Waals surface area contributed by atoms with Gasteiger partial charge in [0.15, 0.2) is 0 Å². The highest BCUT2D eigenvalue weighted by Gasteiger charge is 2.17. The van der Waals surface area contributed by atoms with Crippen LogP contribution in [0.1, 0.15) is 10.6 Å². The minimum Gasteiger partial charge on any atom is -0.302 e. The van der Waals surface area contributed by atoms with E-state index >= 15 is 0 Å². The molecule has 122 valence electrons. The average molecular weight is 344 g/mol. The molecule has 3 N–H and O–H groups in total. The Balaban J connectivity index is 1.82. The molecule has 1 aromatic heterocycles. The fourth-order valence-electron chi connectivity index (χ4n) is 2.03. The maximum atomic E-state index is 12.0. The van der Waals surface area contributed by atoms with Crippen LogP contribution in [0, 0.1) is 0 Å². The zero-order valence-electron chi connectivity index (χ0n) is 12.2. The van der Waals surface area contributed by atoms with Crippen molar-refractivity contribution in [2.24, 2.45) is 0 Å². The Hall–Kier alpha value is -3.04. The molecule has 0 radical (unpaired) electrons. The molecule has 0 saturated heterocycles. The summed E-state index contributed by atoms with van der Waals surface area (Å²) in [5.41, 5.74) is 1.86. The number of benzene rings is 2. The molecule has 0 spiro atoms. The number of carbonyl (C=O) groups excluding carboxylic acids is 1. The van der Waals surface area contributed by atoms with Crippen LogP contribution in [0.5, 0.6) is 0 Å². The van der Waals surface area contributed by atoms with Crippen molar-refractivity contribution in [3.63, 3.8) is 0 Å². The second-order valence-corrected chi connectivity index (χ2v) is 6.49. The van der Waals surface area contributed by atoms with Crippen LogP contribution in [0.25, 0.3) is 10.9 Å². The molecule has 0 aliphatic carbocycles. The minimum atomic E-state index is -3.92. The first-order valence-corrected chi connectivity index (χ1v) is 8.32. The summed E-state index contributed by atoms with van der Waals surface area (Å²) < 4.78 is 24.1. The van der Waals surface area contributed by atoms with Gasteiger partial charge in [-0.05, 0) is 24.3 Å². The fraction of sp³-hybridized carbons (Fsp3) is 0. The largest absolute Gasteiger partial charge is 0.302 e. The molecule has 0 aliphatic rings. The second-order valence-electron chi connectivity index (χ2n) is 4.80. The number of H-pyrrole nitrogens is 1. The number of sulfonamides is 1. The Kier molecular flexibility index (Phi) is 4.11. The molecule has 24 heavy (non-hydrogen) atoms. The van der Waals surface area contributed by atoms with Crippen LogP contribution in [-0.2, 0) is 10.0 Å². The number of carbonyl (C=O) groups is 1. The Morgan fingerprint density at radius 1 is 1.00 bits per heavy atom. The van der Waals surface area contributed by atoms with Crippen molar-refractivity contribution in [3.05, 3.63) is 70.8 Å². The van der Waals surface area contributed by atoms with Gasteiger partial charge in [-0.15, -0.1) is 4.83 Å². The van der Waals surface area contributed by atoms with Crippen LogP contribution in [-0.4, -0.2) is 24.3 Å². The van der Waals surface area contributed by atoms with Crippen molar-refractivity contribution in [3.8, 4) is 0 Å². The lowest BCUT2D eigenvalue weighted by Crippen LogP contribution is -2.42. The summed E-state index contributed by atoms with van der Waals surface area (Å²) in [7, 11) is -3.92. The van der Waals surface area contributed by atoms with Crippen LogP contribution >= 0.6 is 0 Å². The zero-order chi connectivity index (χ0) is 17.2. The number of para-hydroxylation sites is 1. The molecule has 0 fully saturated rings. The number of nitrogens with zero attached hydrogens (tertiary/aromatic N) is 1. The molecule has 3 rings (SSSR count). The van der Waals surface area contributed by atoms with Gasteiger partial charge in [-0.2, -0.15) is 0 Å². The predicted octanol–water partition coefficient (Wildman–Crippen LogP) is 0.546. The van der Waals surface area contributed by atoms with Gasteiger partial charge in [0, 0.05) is 0 Å². The van der Waals surface area contributed by atoms with E-state index < -0.39 is 21.5 Å². The molecule has 1 heterocycles. The fourth-order valence-corrected chi connectivity index (χ4v) is 2.89. The molecule has 0 saturated carbocycles. The summed E-state index contributed by atoms with van der Waals surface area (Å²) in [5, 5.41) is 0.332. The van der Waals surface area contributed by atoms with Crippen LogP contribution in [0.15, 0.2) is 64.3 Å². The predicted molar refractivity (Wildman–Crippen MR) is 86.6 cm³/mol. The van der Waals surface area contributed by atoms with Crippen LogP contribution in [0.3, 0.4) is 0 Å². The first-order chi connectivity index (χ1) is 11.5. The van der Waals surface area contributed by atoms with Crippen LogP contribution < -0.4 is 15.8 Å². The van der Waals surface area contributed by atoms with Gasteiger partial charge in [0.1, 0.15) is 0 Å². The monoisotopic (exact) mass is 344 g/mol. The van der Waals surface area contributed by atoms with E-state index in [1.165, 1.54) is 12.1 Å². The van der Waals surface area contributed by atoms with Crippen molar-refractivity contribution in [2.45, 2.75) is 4.90 Å². The summed E-state index contributed by atoms with van der Waals surface area (Å²) in [6.07, 6.45) is 0. The van der Waals surface area contributed by atoms with Crippen LogP contribution in [0.4, 0.5) is 0 Å². The highest BCUT2D eigenvalue weighted by atomic mass is 32.2. The van der Waals surface area contributed by atoms with Crippen molar-refractivity contribution < 1.29 is 13.2 Å². The number of hydrogen-bond acceptors (Lipinski definition) is 5. The van der Waals surface area contributed by atoms with Gasteiger partial charge in [0.25, 0.3) is 15.6 Å². The van der Waals surface area contributed by atoms with Crippen molar-refractivity contribution in [2.75, 3.05) is 0 Å². The van der Waals surface area contributed by atoms with Gasteiger partial charge in [-0.25, -0.2) is 13.4 Å². The van der Waals surface area contributed by atoms with Gasteiger partial charge < -0.3 is 4.98 Å². The molecule has 0 atom stereocenters. The number of aromatic amines is 1. The first-order valence-electron chi connectivity index (χ1n) is 6.84. The number of fused-ring (bicyclic) bond motifs is 1. The van der Waals surface area contributed by atoms with Gasteiger partial charge in [-0.1, -0.05) is 30.3 Å². The molecule has 0 aliphatic heterocycles. The van der Waals surface area contributed by atoms with E-state index in [-0.39, 0.29) is 10.7 Å². The summed E-state index contributed by atoms with van der Waals surface area (Å²) in [6, 6.07) is 14.0. The Bertz CT molecular complexity index is 1060. The molecular formula is C15H12N4O4S. The van der Waals surface area contributed by atoms with E-state index in [4.69, 9.17) is 0 Å². The SMILES string of the molecule is O=C(NNS(=O)(=O)c1ccccc1)c1nc2ccccc2c(=O)[nH]1. The number of aromatic nitrogens is 2. The number of hydrazine groups is 1. The second kappa shape index (κ2) is 6.22. The van der Waals surface area contributed by atoms with E-state index in [2.05, 4.69) is 9.97 Å². The normalized spacial score (nSPS) is 11.3. The van der Waals surface area contributed by atoms with Gasteiger partial charge >= 0.3 is 5.91 Å². The summed E-state index contributed by atoms with van der Waals surface area (Å²) in [6.45, 7) is 0. The summed E-state index contributed by atoms with van der Waals surface area (Å²) in [5.74, 6) is -1.17. The molecular weight excluding hydrogens is 332 g/mol. The van der Waals surface area contributed by atoms with Gasteiger partial charge in [-0.3, -0.25) is 15.0 Å². The van der Waals surface area contributed by atoms with Crippen molar-refractivity contribution in [1.82, 2.24) is 20.2 Å². The first kappa shape index (κ1) is 15.8.